The lowest BCUT2D eigenvalue weighted by Crippen LogP contribution is -2.36. The van der Waals surface area contributed by atoms with Crippen molar-refractivity contribution in [3.8, 4) is 0 Å². The number of hydrogen-bond acceptors (Lipinski definition) is 8. The Labute approximate surface area is 133 Å². The summed E-state index contributed by atoms with van der Waals surface area (Å²) < 4.78 is 17.5. The molecule has 0 radical (unpaired) electrons. The zero-order valence-electron chi connectivity index (χ0n) is 12.0. The molecule has 132 valence electrons. The van der Waals surface area contributed by atoms with E-state index in [1.807, 2.05) is 5.09 Å². The van der Waals surface area contributed by atoms with E-state index in [0.29, 0.717) is 0 Å². The Morgan fingerprint density at radius 3 is 2.79 bits per heavy atom. The average Bonchev–Trinajstić information content (AvgIpc) is 3.00. The molecule has 1 saturated heterocycles. The Balaban J connectivity index is 1.90. The topological polar surface area (TPSA) is 209 Å². The van der Waals surface area contributed by atoms with Crippen molar-refractivity contribution < 1.29 is 29.3 Å². The summed E-state index contributed by atoms with van der Waals surface area (Å²) in [5, 5.41) is 22.0. The molecular formula is C10H15N6O7P. The van der Waals surface area contributed by atoms with E-state index in [4.69, 9.17) is 20.3 Å². The largest absolute Gasteiger partial charge is 0.400 e. The summed E-state index contributed by atoms with van der Waals surface area (Å²) in [6.45, 7) is -0.401. The number of nitrogen functional groups attached to an aromatic ring is 1. The molecule has 0 bridgehead atoms. The highest BCUT2D eigenvalue weighted by Gasteiger charge is 2.44. The van der Waals surface area contributed by atoms with Crippen LogP contribution in [0.25, 0.3) is 11.2 Å². The number of anilines is 1. The molecule has 24 heavy (non-hydrogen) atoms. The van der Waals surface area contributed by atoms with Crippen molar-refractivity contribution in [2.75, 3.05) is 12.3 Å². The standard InChI is InChI=1S/C10H15N6O7P/c11-10-14-7-4(8(19)15-10)12-2-16(7)9-6(18)5(17)3(23-9)1-13-24(20,21)22/h2-3,5-6,9,17-18H,1H2,(H3,11,14,15,19)(H3,13,20,21,22)/t3-,5-,6-,9-/m1/s1. The monoisotopic (exact) mass is 362 g/mol. The normalized spacial score (nSPS) is 27.8. The summed E-state index contributed by atoms with van der Waals surface area (Å²) in [5.74, 6) is -0.165. The summed E-state index contributed by atoms with van der Waals surface area (Å²) in [7, 11) is -4.51. The van der Waals surface area contributed by atoms with Crippen LogP contribution >= 0.6 is 7.75 Å². The van der Waals surface area contributed by atoms with Gasteiger partial charge >= 0.3 is 7.75 Å². The van der Waals surface area contributed by atoms with Crippen LogP contribution in [0.4, 0.5) is 5.95 Å². The summed E-state index contributed by atoms with van der Waals surface area (Å²) in [6, 6.07) is 0. The van der Waals surface area contributed by atoms with Crippen LogP contribution in [-0.2, 0) is 9.30 Å². The van der Waals surface area contributed by atoms with Gasteiger partial charge in [-0.25, -0.2) is 14.6 Å². The van der Waals surface area contributed by atoms with Gasteiger partial charge in [-0.05, 0) is 0 Å². The van der Waals surface area contributed by atoms with Crippen molar-refractivity contribution in [3.63, 3.8) is 0 Å². The summed E-state index contributed by atoms with van der Waals surface area (Å²) in [6.07, 6.45) is -3.94. The second-order valence-electron chi connectivity index (χ2n) is 5.23. The Kier molecular flexibility index (Phi) is 4.17. The van der Waals surface area contributed by atoms with E-state index in [2.05, 4.69) is 15.0 Å². The number of aliphatic hydroxyl groups excluding tert-OH is 2. The van der Waals surface area contributed by atoms with Gasteiger partial charge in [0.15, 0.2) is 17.4 Å². The number of rotatable bonds is 4. The lowest BCUT2D eigenvalue weighted by molar-refractivity contribution is -0.0333. The van der Waals surface area contributed by atoms with E-state index in [-0.39, 0.29) is 17.1 Å². The zero-order chi connectivity index (χ0) is 17.6. The summed E-state index contributed by atoms with van der Waals surface area (Å²) in [5.41, 5.74) is 4.90. The maximum Gasteiger partial charge on any atom is 0.400 e. The van der Waals surface area contributed by atoms with Gasteiger partial charge in [-0.15, -0.1) is 0 Å². The maximum atomic E-state index is 11.8. The molecule has 0 aliphatic carbocycles. The first-order chi connectivity index (χ1) is 11.2. The van der Waals surface area contributed by atoms with Gasteiger partial charge in [0.25, 0.3) is 5.56 Å². The minimum atomic E-state index is -4.51. The molecule has 0 spiro atoms. The van der Waals surface area contributed by atoms with Gasteiger partial charge < -0.3 is 30.5 Å². The maximum absolute atomic E-state index is 11.8. The third-order valence-electron chi connectivity index (χ3n) is 3.56. The molecule has 0 aromatic carbocycles. The number of nitrogens with one attached hydrogen (secondary N) is 2. The van der Waals surface area contributed by atoms with Crippen molar-refractivity contribution in [1.82, 2.24) is 24.6 Å². The predicted octanol–water partition coefficient (Wildman–Crippen LogP) is -3.00. The number of imidazole rings is 1. The van der Waals surface area contributed by atoms with E-state index >= 15 is 0 Å². The smallest absolute Gasteiger partial charge is 0.387 e. The van der Waals surface area contributed by atoms with Crippen LogP contribution in [0.1, 0.15) is 6.23 Å². The minimum Gasteiger partial charge on any atom is -0.387 e. The molecule has 8 N–H and O–H groups in total. The molecule has 1 aliphatic heterocycles. The minimum absolute atomic E-state index is 0.0358. The van der Waals surface area contributed by atoms with Crippen molar-refractivity contribution in [2.24, 2.45) is 0 Å². The molecule has 3 heterocycles. The molecule has 0 saturated carbocycles. The van der Waals surface area contributed by atoms with Gasteiger partial charge in [0, 0.05) is 6.54 Å². The SMILES string of the molecule is Nc1nc2c(ncn2[C@@H]2O[C@H](CNP(=O)(O)O)[C@@H](O)[C@H]2O)c(=O)[nH]1. The fraction of sp³-hybridized carbons (Fsp3) is 0.500. The van der Waals surface area contributed by atoms with Crippen LogP contribution in [-0.4, -0.2) is 64.4 Å². The van der Waals surface area contributed by atoms with E-state index in [9.17, 15) is 19.6 Å². The Bertz CT molecular complexity index is 861. The molecule has 0 unspecified atom stereocenters. The number of hydrogen-bond donors (Lipinski definition) is 7. The van der Waals surface area contributed by atoms with Crippen molar-refractivity contribution >= 4 is 24.9 Å². The van der Waals surface area contributed by atoms with Crippen LogP contribution in [0.3, 0.4) is 0 Å². The number of H-pyrrole nitrogens is 1. The molecular weight excluding hydrogens is 347 g/mol. The highest BCUT2D eigenvalue weighted by Crippen LogP contribution is 2.33. The number of aliphatic hydroxyl groups is 2. The molecule has 14 heteroatoms. The Hall–Kier alpha value is -1.86. The van der Waals surface area contributed by atoms with Crippen molar-refractivity contribution in [3.05, 3.63) is 16.7 Å². The number of ether oxygens (including phenoxy) is 1. The third kappa shape index (κ3) is 3.06. The first kappa shape index (κ1) is 17.0. The van der Waals surface area contributed by atoms with Crippen LogP contribution in [0.15, 0.2) is 11.1 Å². The fourth-order valence-corrected chi connectivity index (χ4v) is 2.88. The first-order valence-electron chi connectivity index (χ1n) is 6.72. The number of nitrogens with zero attached hydrogens (tertiary/aromatic N) is 3. The van der Waals surface area contributed by atoms with Crippen LogP contribution < -0.4 is 16.4 Å². The van der Waals surface area contributed by atoms with Crippen LogP contribution in [0.5, 0.6) is 0 Å². The second kappa shape index (κ2) is 5.89. The molecule has 1 aliphatic rings. The van der Waals surface area contributed by atoms with Crippen molar-refractivity contribution in [1.29, 1.82) is 0 Å². The summed E-state index contributed by atoms with van der Waals surface area (Å²) >= 11 is 0. The number of fused-ring (bicyclic) bond motifs is 1. The van der Waals surface area contributed by atoms with E-state index in [1.54, 1.807) is 0 Å². The molecule has 0 amide bonds. The van der Waals surface area contributed by atoms with Crippen molar-refractivity contribution in [2.45, 2.75) is 24.5 Å². The molecule has 1 fully saturated rings. The van der Waals surface area contributed by atoms with Gasteiger partial charge in [0.2, 0.25) is 5.95 Å². The van der Waals surface area contributed by atoms with Gasteiger partial charge in [-0.2, -0.15) is 4.98 Å². The number of nitrogens with two attached hydrogens (primary N) is 1. The lowest BCUT2D eigenvalue weighted by atomic mass is 10.1. The third-order valence-corrected chi connectivity index (χ3v) is 4.15. The number of aromatic nitrogens is 4. The van der Waals surface area contributed by atoms with Gasteiger partial charge in [0.05, 0.1) is 6.33 Å². The molecule has 2 aromatic heterocycles. The van der Waals surface area contributed by atoms with Gasteiger partial charge in [-0.3, -0.25) is 14.3 Å². The molecule has 2 aromatic rings. The molecule has 3 rings (SSSR count). The number of aromatic amines is 1. The fourth-order valence-electron chi connectivity index (χ4n) is 2.47. The quantitative estimate of drug-likeness (QED) is 0.273. The molecule has 4 atom stereocenters. The van der Waals surface area contributed by atoms with Crippen LogP contribution in [0.2, 0.25) is 0 Å². The highest BCUT2D eigenvalue weighted by molar-refractivity contribution is 7.49. The highest BCUT2D eigenvalue weighted by atomic mass is 31.2. The van der Waals surface area contributed by atoms with E-state index in [1.165, 1.54) is 10.9 Å². The summed E-state index contributed by atoms with van der Waals surface area (Å²) in [4.78, 5) is 39.4. The zero-order valence-corrected chi connectivity index (χ0v) is 12.9. The van der Waals surface area contributed by atoms with E-state index in [0.717, 1.165) is 0 Å². The van der Waals surface area contributed by atoms with E-state index < -0.39 is 44.4 Å². The lowest BCUT2D eigenvalue weighted by Gasteiger charge is -2.16. The second-order valence-corrected chi connectivity index (χ2v) is 6.63. The Morgan fingerprint density at radius 1 is 1.42 bits per heavy atom. The average molecular weight is 362 g/mol. The Morgan fingerprint density at radius 2 is 2.12 bits per heavy atom. The predicted molar refractivity (Wildman–Crippen MR) is 78.5 cm³/mol. The van der Waals surface area contributed by atoms with Gasteiger partial charge in [-0.1, -0.05) is 0 Å². The van der Waals surface area contributed by atoms with Gasteiger partial charge in [0.1, 0.15) is 18.3 Å². The first-order valence-corrected chi connectivity index (χ1v) is 8.33. The van der Waals surface area contributed by atoms with Crippen LogP contribution in [0, 0.1) is 0 Å². The molecule has 13 nitrogen and oxygen atoms in total.